The number of hydrogen-bond acceptors (Lipinski definition) is 5. The number of nitrogens with zero attached hydrogens (tertiary/aromatic N) is 2. The highest BCUT2D eigenvalue weighted by atomic mass is 16.6. The number of hydrogen-bond donors (Lipinski definition) is 2. The Morgan fingerprint density at radius 1 is 1.00 bits per heavy atom. The monoisotopic (exact) mass is 302 g/mol. The van der Waals surface area contributed by atoms with E-state index in [0.29, 0.717) is 4.73 Å². The van der Waals surface area contributed by atoms with E-state index in [-0.39, 0.29) is 16.8 Å². The average Bonchev–Trinajstić information content (AvgIpc) is 2.53. The number of hydrazine groups is 1. The van der Waals surface area contributed by atoms with E-state index >= 15 is 0 Å². The number of benzene rings is 1. The minimum atomic E-state index is -0.702. The number of nitrogens with one attached hydrogen (secondary N) is 2. The van der Waals surface area contributed by atoms with Gasteiger partial charge in [-0.1, -0.05) is 6.07 Å². The molecule has 9 heteroatoms. The van der Waals surface area contributed by atoms with Crippen LogP contribution in [0.1, 0.15) is 20.7 Å². The largest absolute Gasteiger partial charge is 0.619 e. The van der Waals surface area contributed by atoms with Crippen molar-refractivity contribution in [2.45, 2.75) is 0 Å². The summed E-state index contributed by atoms with van der Waals surface area (Å²) in [6.07, 6.45) is 2.27. The Bertz CT molecular complexity index is 729. The van der Waals surface area contributed by atoms with Gasteiger partial charge in [-0.3, -0.25) is 30.6 Å². The molecule has 0 aliphatic carbocycles. The van der Waals surface area contributed by atoms with Crippen molar-refractivity contribution >= 4 is 17.5 Å². The molecular formula is C13H10N4O5. The molecule has 9 nitrogen and oxygen atoms in total. The van der Waals surface area contributed by atoms with Crippen LogP contribution in [-0.4, -0.2) is 16.7 Å². The standard InChI is InChI=1S/C13H10N4O5/c18-12(9-4-6-16(20)7-5-9)14-15-13(19)10-2-1-3-11(8-10)17(21)22/h1-8H,(H,14,18)(H,15,19). The first kappa shape index (κ1) is 14.9. The van der Waals surface area contributed by atoms with Crippen LogP contribution in [0.3, 0.4) is 0 Å². The molecule has 1 aromatic carbocycles. The van der Waals surface area contributed by atoms with Crippen LogP contribution >= 0.6 is 0 Å². The van der Waals surface area contributed by atoms with Crippen LogP contribution < -0.4 is 15.6 Å². The number of rotatable bonds is 3. The van der Waals surface area contributed by atoms with Crippen molar-refractivity contribution in [1.82, 2.24) is 10.9 Å². The molecule has 0 aliphatic heterocycles. The molecule has 2 rings (SSSR count). The molecular weight excluding hydrogens is 292 g/mol. The van der Waals surface area contributed by atoms with Gasteiger partial charge in [-0.2, -0.15) is 4.73 Å². The lowest BCUT2D eigenvalue weighted by atomic mass is 10.2. The number of carbonyl (C=O) groups is 2. The maximum Gasteiger partial charge on any atom is 0.270 e. The molecule has 2 N–H and O–H groups in total. The molecule has 0 unspecified atom stereocenters. The third-order valence-electron chi connectivity index (χ3n) is 2.67. The predicted octanol–water partition coefficient (Wildman–Crippen LogP) is 0.303. The van der Waals surface area contributed by atoms with Gasteiger partial charge in [-0.05, 0) is 6.07 Å². The van der Waals surface area contributed by atoms with E-state index in [1.54, 1.807) is 0 Å². The number of nitro groups is 1. The zero-order valence-electron chi connectivity index (χ0n) is 11.1. The maximum atomic E-state index is 11.8. The van der Waals surface area contributed by atoms with Gasteiger partial charge in [0.05, 0.1) is 10.5 Å². The third-order valence-corrected chi connectivity index (χ3v) is 2.67. The highest BCUT2D eigenvalue weighted by Crippen LogP contribution is 2.12. The summed E-state index contributed by atoms with van der Waals surface area (Å²) >= 11 is 0. The fourth-order valence-corrected chi connectivity index (χ4v) is 1.58. The van der Waals surface area contributed by atoms with Crippen molar-refractivity contribution in [1.29, 1.82) is 0 Å². The summed E-state index contributed by atoms with van der Waals surface area (Å²) in [5.74, 6) is -1.33. The summed E-state index contributed by atoms with van der Waals surface area (Å²) < 4.78 is 0.512. The Balaban J connectivity index is 2.00. The second-order valence-electron chi connectivity index (χ2n) is 4.16. The van der Waals surface area contributed by atoms with Crippen LogP contribution in [0.4, 0.5) is 5.69 Å². The molecule has 0 saturated carbocycles. The Labute approximate surface area is 123 Å². The molecule has 2 amide bonds. The topological polar surface area (TPSA) is 128 Å². The third kappa shape index (κ3) is 3.54. The molecule has 0 aliphatic rings. The fraction of sp³-hybridized carbons (Fsp3) is 0. The number of amides is 2. The Morgan fingerprint density at radius 3 is 2.18 bits per heavy atom. The number of aromatic nitrogens is 1. The van der Waals surface area contributed by atoms with E-state index in [0.717, 1.165) is 18.5 Å². The van der Waals surface area contributed by atoms with Crippen LogP contribution in [0.15, 0.2) is 48.8 Å². The van der Waals surface area contributed by atoms with E-state index in [2.05, 4.69) is 10.9 Å². The first-order valence-corrected chi connectivity index (χ1v) is 6.01. The summed E-state index contributed by atoms with van der Waals surface area (Å²) in [6.45, 7) is 0. The zero-order valence-corrected chi connectivity index (χ0v) is 11.1. The first-order chi connectivity index (χ1) is 10.5. The summed E-state index contributed by atoms with van der Waals surface area (Å²) in [7, 11) is 0. The molecule has 0 radical (unpaired) electrons. The van der Waals surface area contributed by atoms with Gasteiger partial charge in [0.15, 0.2) is 12.4 Å². The second-order valence-corrected chi connectivity index (χ2v) is 4.16. The molecule has 0 atom stereocenters. The molecule has 0 spiro atoms. The lowest BCUT2D eigenvalue weighted by molar-refractivity contribution is -0.605. The summed E-state index contributed by atoms with van der Waals surface area (Å²) in [5, 5.41) is 21.5. The summed E-state index contributed by atoms with van der Waals surface area (Å²) in [6, 6.07) is 7.63. The number of carbonyl (C=O) groups excluding carboxylic acids is 2. The van der Waals surface area contributed by atoms with Crippen molar-refractivity contribution in [3.05, 3.63) is 75.2 Å². The van der Waals surface area contributed by atoms with Gasteiger partial charge in [0.1, 0.15) is 0 Å². The Morgan fingerprint density at radius 2 is 1.59 bits per heavy atom. The maximum absolute atomic E-state index is 11.8. The Kier molecular flexibility index (Phi) is 4.27. The van der Waals surface area contributed by atoms with E-state index in [4.69, 9.17) is 0 Å². The quantitative estimate of drug-likeness (QED) is 0.365. The van der Waals surface area contributed by atoms with Crippen molar-refractivity contribution in [2.75, 3.05) is 0 Å². The van der Waals surface area contributed by atoms with Gasteiger partial charge in [0.2, 0.25) is 0 Å². The SMILES string of the molecule is O=C(NNC(=O)c1cccc([N+](=O)[O-])c1)c1cc[n+]([O-])cc1. The predicted molar refractivity (Wildman–Crippen MR) is 73.4 cm³/mol. The van der Waals surface area contributed by atoms with E-state index in [1.807, 2.05) is 0 Å². The van der Waals surface area contributed by atoms with Crippen molar-refractivity contribution < 1.29 is 19.2 Å². The number of pyridine rings is 1. The smallest absolute Gasteiger partial charge is 0.270 e. The highest BCUT2D eigenvalue weighted by molar-refractivity contribution is 5.99. The molecule has 1 aromatic heterocycles. The van der Waals surface area contributed by atoms with Crippen LogP contribution in [0.2, 0.25) is 0 Å². The molecule has 1 heterocycles. The number of non-ortho nitro benzene ring substituents is 1. The molecule has 112 valence electrons. The van der Waals surface area contributed by atoms with Gasteiger partial charge in [0.25, 0.3) is 17.5 Å². The van der Waals surface area contributed by atoms with Gasteiger partial charge in [-0.15, -0.1) is 0 Å². The van der Waals surface area contributed by atoms with Crippen molar-refractivity contribution in [2.24, 2.45) is 0 Å². The first-order valence-electron chi connectivity index (χ1n) is 6.01. The van der Waals surface area contributed by atoms with Gasteiger partial charge < -0.3 is 5.21 Å². The normalized spacial score (nSPS) is 9.82. The Hall–Kier alpha value is -3.49. The highest BCUT2D eigenvalue weighted by Gasteiger charge is 2.13. The van der Waals surface area contributed by atoms with E-state index in [9.17, 15) is 24.9 Å². The molecule has 2 aromatic rings. The number of nitro benzene ring substituents is 1. The second kappa shape index (κ2) is 6.31. The van der Waals surface area contributed by atoms with E-state index < -0.39 is 16.7 Å². The lowest BCUT2D eigenvalue weighted by Crippen LogP contribution is -2.41. The van der Waals surface area contributed by atoms with Crippen LogP contribution in [0, 0.1) is 15.3 Å². The average molecular weight is 302 g/mol. The molecule has 22 heavy (non-hydrogen) atoms. The van der Waals surface area contributed by atoms with Crippen LogP contribution in [0.25, 0.3) is 0 Å². The molecule has 0 saturated heterocycles. The zero-order chi connectivity index (χ0) is 16.1. The van der Waals surface area contributed by atoms with Gasteiger partial charge in [0, 0.05) is 29.8 Å². The van der Waals surface area contributed by atoms with Crippen molar-refractivity contribution in [3.8, 4) is 0 Å². The van der Waals surface area contributed by atoms with Crippen LogP contribution in [-0.2, 0) is 0 Å². The van der Waals surface area contributed by atoms with Crippen LogP contribution in [0.5, 0.6) is 0 Å². The molecule has 0 bridgehead atoms. The molecule has 0 fully saturated rings. The lowest BCUT2D eigenvalue weighted by Gasteiger charge is -2.07. The minimum Gasteiger partial charge on any atom is -0.619 e. The minimum absolute atomic E-state index is 0.0277. The van der Waals surface area contributed by atoms with Gasteiger partial charge >= 0.3 is 0 Å². The summed E-state index contributed by atoms with van der Waals surface area (Å²) in [4.78, 5) is 33.5. The van der Waals surface area contributed by atoms with E-state index in [1.165, 1.54) is 30.3 Å². The fourth-order valence-electron chi connectivity index (χ4n) is 1.58. The summed E-state index contributed by atoms with van der Waals surface area (Å²) in [5.41, 5.74) is 4.24. The van der Waals surface area contributed by atoms with Gasteiger partial charge in [-0.25, -0.2) is 0 Å². The van der Waals surface area contributed by atoms with Crippen molar-refractivity contribution in [3.63, 3.8) is 0 Å².